The number of aromatic nitrogens is 4. The van der Waals surface area contributed by atoms with Crippen LogP contribution in [0.3, 0.4) is 0 Å². The first-order valence-electron chi connectivity index (χ1n) is 7.59. The molecule has 0 fully saturated rings. The van der Waals surface area contributed by atoms with Gasteiger partial charge < -0.3 is 4.57 Å². The summed E-state index contributed by atoms with van der Waals surface area (Å²) >= 11 is 0. The third-order valence-corrected chi connectivity index (χ3v) is 6.37. The second-order valence-electron chi connectivity index (χ2n) is 5.76. The Hall–Kier alpha value is -2.67. The zero-order valence-electron chi connectivity index (χ0n) is 13.3. The van der Waals surface area contributed by atoms with Gasteiger partial charge >= 0.3 is 0 Å². The van der Waals surface area contributed by atoms with Crippen molar-refractivity contribution in [2.24, 2.45) is 7.05 Å². The SMILES string of the molecule is C[C@H](c1ccccc1)S(=O)(=O)c1nnc2n(C)c3ccccc3n12. The summed E-state index contributed by atoms with van der Waals surface area (Å²) in [6, 6.07) is 16.7. The van der Waals surface area contributed by atoms with E-state index < -0.39 is 15.1 Å². The predicted octanol–water partition coefficient (Wildman–Crippen LogP) is 2.76. The summed E-state index contributed by atoms with van der Waals surface area (Å²) in [5, 5.41) is 7.36. The summed E-state index contributed by atoms with van der Waals surface area (Å²) in [7, 11) is -1.83. The third kappa shape index (κ3) is 1.98. The van der Waals surface area contributed by atoms with Crippen LogP contribution in [-0.4, -0.2) is 27.6 Å². The highest BCUT2D eigenvalue weighted by molar-refractivity contribution is 7.91. The first-order valence-corrected chi connectivity index (χ1v) is 9.14. The lowest BCUT2D eigenvalue weighted by Crippen LogP contribution is -2.14. The van der Waals surface area contributed by atoms with E-state index in [0.717, 1.165) is 16.6 Å². The van der Waals surface area contributed by atoms with Gasteiger partial charge in [0.2, 0.25) is 15.6 Å². The van der Waals surface area contributed by atoms with Crippen molar-refractivity contribution in [1.82, 2.24) is 19.2 Å². The van der Waals surface area contributed by atoms with Crippen LogP contribution in [0, 0.1) is 0 Å². The molecule has 0 aliphatic rings. The Bertz CT molecular complexity index is 1140. The smallest absolute Gasteiger partial charge is 0.256 e. The number of sulfone groups is 1. The van der Waals surface area contributed by atoms with Gasteiger partial charge in [-0.2, -0.15) is 0 Å². The lowest BCUT2D eigenvalue weighted by Gasteiger charge is -2.11. The number of imidazole rings is 1. The molecule has 0 N–H and O–H groups in total. The van der Waals surface area contributed by atoms with E-state index >= 15 is 0 Å². The summed E-state index contributed by atoms with van der Waals surface area (Å²) in [4.78, 5) is 0. The molecular formula is C17H16N4O2S. The second kappa shape index (κ2) is 5.17. The van der Waals surface area contributed by atoms with Gasteiger partial charge in [-0.15, -0.1) is 10.2 Å². The quantitative estimate of drug-likeness (QED) is 0.575. The van der Waals surface area contributed by atoms with Crippen molar-refractivity contribution in [3.8, 4) is 0 Å². The molecule has 24 heavy (non-hydrogen) atoms. The fourth-order valence-electron chi connectivity index (χ4n) is 2.98. The van der Waals surface area contributed by atoms with Crippen LogP contribution in [0.15, 0.2) is 59.8 Å². The van der Waals surface area contributed by atoms with Gasteiger partial charge in [0, 0.05) is 7.05 Å². The summed E-state index contributed by atoms with van der Waals surface area (Å²) < 4.78 is 29.7. The van der Waals surface area contributed by atoms with E-state index in [1.165, 1.54) is 0 Å². The first kappa shape index (κ1) is 14.9. The van der Waals surface area contributed by atoms with Crippen LogP contribution in [0.25, 0.3) is 16.8 Å². The number of aryl methyl sites for hydroxylation is 1. The lowest BCUT2D eigenvalue weighted by molar-refractivity contribution is 0.575. The number of hydrogen-bond acceptors (Lipinski definition) is 4. The third-order valence-electron chi connectivity index (χ3n) is 4.39. The Labute approximate surface area is 139 Å². The Morgan fingerprint density at radius 2 is 1.54 bits per heavy atom. The summed E-state index contributed by atoms with van der Waals surface area (Å²) in [6.45, 7) is 1.68. The van der Waals surface area contributed by atoms with Crippen molar-refractivity contribution in [2.45, 2.75) is 17.3 Å². The van der Waals surface area contributed by atoms with Crippen LogP contribution in [-0.2, 0) is 16.9 Å². The zero-order chi connectivity index (χ0) is 16.9. The maximum atomic E-state index is 13.1. The molecule has 0 bridgehead atoms. The number of para-hydroxylation sites is 2. The molecule has 6 nitrogen and oxygen atoms in total. The summed E-state index contributed by atoms with van der Waals surface area (Å²) in [6.07, 6.45) is 0. The topological polar surface area (TPSA) is 69.3 Å². The van der Waals surface area contributed by atoms with Crippen molar-refractivity contribution in [2.75, 3.05) is 0 Å². The van der Waals surface area contributed by atoms with Crippen LogP contribution in [0.4, 0.5) is 0 Å². The standard InChI is InChI=1S/C17H16N4O2S/c1-12(13-8-4-3-5-9-13)24(22,23)17-19-18-16-20(2)14-10-6-7-11-15(14)21(16)17/h3-12H,1-2H3/t12-/m1/s1. The molecule has 4 rings (SSSR count). The van der Waals surface area contributed by atoms with Crippen LogP contribution in [0.2, 0.25) is 0 Å². The van der Waals surface area contributed by atoms with Crippen LogP contribution in [0.1, 0.15) is 17.7 Å². The summed E-state index contributed by atoms with van der Waals surface area (Å²) in [5.41, 5.74) is 2.42. The molecule has 0 aliphatic carbocycles. The predicted molar refractivity (Wildman–Crippen MR) is 91.5 cm³/mol. The van der Waals surface area contributed by atoms with Gasteiger partial charge in [0.1, 0.15) is 0 Å². The normalized spacial score (nSPS) is 13.6. The van der Waals surface area contributed by atoms with Gasteiger partial charge in [-0.3, -0.25) is 0 Å². The van der Waals surface area contributed by atoms with Crippen molar-refractivity contribution in [3.63, 3.8) is 0 Å². The fourth-order valence-corrected chi connectivity index (χ4v) is 4.40. The molecule has 0 unspecified atom stereocenters. The number of benzene rings is 2. The maximum absolute atomic E-state index is 13.1. The summed E-state index contributed by atoms with van der Waals surface area (Å²) in [5.74, 6) is 0.509. The van der Waals surface area contributed by atoms with E-state index in [-0.39, 0.29) is 5.16 Å². The van der Waals surface area contributed by atoms with Gasteiger partial charge in [-0.05, 0) is 24.6 Å². The lowest BCUT2D eigenvalue weighted by atomic mass is 10.2. The number of rotatable bonds is 3. The fraction of sp³-hybridized carbons (Fsp3) is 0.176. The van der Waals surface area contributed by atoms with Crippen LogP contribution < -0.4 is 0 Å². The van der Waals surface area contributed by atoms with E-state index in [4.69, 9.17) is 0 Å². The van der Waals surface area contributed by atoms with Crippen LogP contribution >= 0.6 is 0 Å². The van der Waals surface area contributed by atoms with Gasteiger partial charge in [0.15, 0.2) is 0 Å². The van der Waals surface area contributed by atoms with E-state index in [9.17, 15) is 8.42 Å². The van der Waals surface area contributed by atoms with Crippen molar-refractivity contribution < 1.29 is 8.42 Å². The molecule has 0 aliphatic heterocycles. The molecule has 7 heteroatoms. The maximum Gasteiger partial charge on any atom is 0.256 e. The van der Waals surface area contributed by atoms with E-state index in [0.29, 0.717) is 5.78 Å². The Kier molecular flexibility index (Phi) is 3.21. The average molecular weight is 340 g/mol. The van der Waals surface area contributed by atoms with Gasteiger partial charge in [0.05, 0.1) is 16.3 Å². The van der Waals surface area contributed by atoms with Crippen LogP contribution in [0.5, 0.6) is 0 Å². The highest BCUT2D eigenvalue weighted by Gasteiger charge is 2.31. The molecule has 2 aromatic carbocycles. The second-order valence-corrected chi connectivity index (χ2v) is 7.93. The van der Waals surface area contributed by atoms with E-state index in [2.05, 4.69) is 10.2 Å². The molecule has 2 heterocycles. The molecule has 0 spiro atoms. The Morgan fingerprint density at radius 1 is 0.917 bits per heavy atom. The Balaban J connectivity index is 1.98. The van der Waals surface area contributed by atoms with E-state index in [1.807, 2.05) is 66.2 Å². The average Bonchev–Trinajstić information content (AvgIpc) is 3.16. The molecule has 0 saturated carbocycles. The minimum Gasteiger partial charge on any atom is -0.311 e. The van der Waals surface area contributed by atoms with Crippen molar-refractivity contribution in [3.05, 3.63) is 60.2 Å². The molecule has 0 saturated heterocycles. The first-order chi connectivity index (χ1) is 11.5. The highest BCUT2D eigenvalue weighted by Crippen LogP contribution is 2.30. The minimum absolute atomic E-state index is 0.0225. The monoisotopic (exact) mass is 340 g/mol. The minimum atomic E-state index is -3.68. The Morgan fingerprint density at radius 3 is 2.25 bits per heavy atom. The van der Waals surface area contributed by atoms with Gasteiger partial charge in [-0.1, -0.05) is 42.5 Å². The molecule has 0 radical (unpaired) electrons. The molecule has 1 atom stereocenters. The molecule has 2 aromatic heterocycles. The number of fused-ring (bicyclic) bond motifs is 3. The largest absolute Gasteiger partial charge is 0.311 e. The molecule has 0 amide bonds. The zero-order valence-corrected chi connectivity index (χ0v) is 14.1. The number of hydrogen-bond donors (Lipinski definition) is 0. The molecule has 122 valence electrons. The van der Waals surface area contributed by atoms with Crippen molar-refractivity contribution >= 4 is 26.6 Å². The number of nitrogens with zero attached hydrogens (tertiary/aromatic N) is 4. The van der Waals surface area contributed by atoms with Gasteiger partial charge in [0.25, 0.3) is 5.16 Å². The van der Waals surface area contributed by atoms with Gasteiger partial charge in [-0.25, -0.2) is 12.8 Å². The van der Waals surface area contributed by atoms with E-state index in [1.54, 1.807) is 11.3 Å². The molecule has 4 aromatic rings. The molecular weight excluding hydrogens is 324 g/mol. The highest BCUT2D eigenvalue weighted by atomic mass is 32.2. The van der Waals surface area contributed by atoms with Crippen molar-refractivity contribution in [1.29, 1.82) is 0 Å².